The molecule has 2 heterocycles. The molecule has 2 aliphatic rings. The van der Waals surface area contributed by atoms with Gasteiger partial charge in [-0.05, 0) is 129 Å². The minimum absolute atomic E-state index is 0.00259. The van der Waals surface area contributed by atoms with Crippen LogP contribution in [0.15, 0.2) is 10.2 Å². The molecule has 2 saturated heterocycles. The van der Waals surface area contributed by atoms with Crippen LogP contribution in [0.2, 0.25) is 118 Å². The van der Waals surface area contributed by atoms with Gasteiger partial charge in [0.1, 0.15) is 24.4 Å². The minimum Gasteiger partial charge on any atom is -0.412 e. The smallest absolute Gasteiger partial charge is 0.221 e. The standard InChI is InChI=1S/C30H68N6O9Si6/c1-46(2,3)37-21-30(28(45-51(16,17)18)25(42-48(7,8)9)23(39-30)20-34-36-32)40-29-27(44-50(13,14)15)26(43-49(10,11)12)24(41-47(4,5)6)22(38-29)19-33-35-31/h22-29H,19-21H2,1-18H3/t22-,23-,24-,25-,26+,27-,28+,29-,30+/m1/s1. The summed E-state index contributed by atoms with van der Waals surface area (Å²) in [7, 11) is -13.5. The summed E-state index contributed by atoms with van der Waals surface area (Å²) >= 11 is 0. The van der Waals surface area contributed by atoms with Gasteiger partial charge >= 0.3 is 0 Å². The first-order valence-electron chi connectivity index (χ1n) is 17.9. The molecule has 15 nitrogen and oxygen atoms in total. The van der Waals surface area contributed by atoms with Crippen molar-refractivity contribution in [2.75, 3.05) is 19.7 Å². The zero-order valence-corrected chi connectivity index (χ0v) is 40.6. The Morgan fingerprint density at radius 1 is 0.529 bits per heavy atom. The SMILES string of the molecule is C[Si](C)(C)OC[C@@]1(O[C@H]2O[C@H](CN=[N+]=[N-])[C@@H](O[Si](C)(C)C)[C@H](O[Si](C)(C)C)[C@H]2O[Si](C)(C)C)O[C@H](CN=[N+]=[N-])[C@@H](O[Si](C)(C)C)[C@@H]1O[Si](C)(C)C. The monoisotopic (exact) mass is 824 g/mol. The van der Waals surface area contributed by atoms with Gasteiger partial charge in [-0.25, -0.2) is 0 Å². The summed E-state index contributed by atoms with van der Waals surface area (Å²) in [6.07, 6.45) is -5.87. The molecule has 0 aromatic heterocycles. The Labute approximate surface area is 313 Å². The minimum atomic E-state index is -2.33. The molecule has 0 unspecified atom stereocenters. The Kier molecular flexibility index (Phi) is 16.1. The van der Waals surface area contributed by atoms with Crippen molar-refractivity contribution in [3.8, 4) is 0 Å². The first-order valence-corrected chi connectivity index (χ1v) is 38.4. The third kappa shape index (κ3) is 16.1. The normalized spacial score (nSPS) is 31.3. The molecule has 51 heavy (non-hydrogen) atoms. The molecule has 296 valence electrons. The second kappa shape index (κ2) is 17.6. The highest BCUT2D eigenvalue weighted by molar-refractivity contribution is 6.71. The van der Waals surface area contributed by atoms with E-state index in [1.807, 2.05) is 0 Å². The van der Waals surface area contributed by atoms with Crippen molar-refractivity contribution < 1.29 is 40.8 Å². The van der Waals surface area contributed by atoms with Gasteiger partial charge in [0.25, 0.3) is 0 Å². The molecule has 0 saturated carbocycles. The summed E-state index contributed by atoms with van der Waals surface area (Å²) in [5.41, 5.74) is 18.8. The van der Waals surface area contributed by atoms with E-state index in [1.54, 1.807) is 0 Å². The Balaban J connectivity index is 2.94. The fraction of sp³-hybridized carbons (Fsp3) is 1.00. The van der Waals surface area contributed by atoms with Crippen LogP contribution in [0.4, 0.5) is 0 Å². The lowest BCUT2D eigenvalue weighted by Gasteiger charge is -2.52. The van der Waals surface area contributed by atoms with Gasteiger partial charge in [-0.3, -0.25) is 0 Å². The Morgan fingerprint density at radius 2 is 0.941 bits per heavy atom. The number of azide groups is 2. The van der Waals surface area contributed by atoms with Crippen molar-refractivity contribution in [1.29, 1.82) is 0 Å². The molecule has 0 N–H and O–H groups in total. The van der Waals surface area contributed by atoms with Crippen LogP contribution in [0, 0.1) is 0 Å². The molecule has 0 aromatic rings. The van der Waals surface area contributed by atoms with Gasteiger partial charge in [0.15, 0.2) is 56.2 Å². The summed E-state index contributed by atoms with van der Waals surface area (Å²) in [5.74, 6) is -1.56. The maximum Gasteiger partial charge on any atom is 0.221 e. The molecule has 0 amide bonds. The third-order valence-corrected chi connectivity index (χ3v) is 13.0. The first kappa shape index (κ1) is 46.7. The van der Waals surface area contributed by atoms with Gasteiger partial charge in [0, 0.05) is 9.82 Å². The van der Waals surface area contributed by atoms with Gasteiger partial charge in [0.2, 0.25) is 5.79 Å². The first-order chi connectivity index (χ1) is 22.9. The van der Waals surface area contributed by atoms with Crippen molar-refractivity contribution in [1.82, 2.24) is 0 Å². The molecule has 0 aliphatic carbocycles. The lowest BCUT2D eigenvalue weighted by Crippen LogP contribution is -2.68. The van der Waals surface area contributed by atoms with E-state index in [1.165, 1.54) is 0 Å². The number of rotatable bonds is 19. The van der Waals surface area contributed by atoms with E-state index in [0.29, 0.717) is 0 Å². The van der Waals surface area contributed by atoms with E-state index in [9.17, 15) is 11.1 Å². The van der Waals surface area contributed by atoms with Crippen molar-refractivity contribution in [3.05, 3.63) is 20.9 Å². The summed E-state index contributed by atoms with van der Waals surface area (Å²) in [6, 6.07) is 0. The fourth-order valence-corrected chi connectivity index (χ4v) is 11.9. The van der Waals surface area contributed by atoms with Crippen LogP contribution in [0.5, 0.6) is 0 Å². The molecule has 9 atom stereocenters. The quantitative estimate of drug-likeness (QED) is 0.0535. The highest BCUT2D eigenvalue weighted by atomic mass is 28.4. The molecular formula is C30H68N6O9Si6. The van der Waals surface area contributed by atoms with Crippen molar-refractivity contribution >= 4 is 49.9 Å². The number of hydrogen-bond donors (Lipinski definition) is 0. The van der Waals surface area contributed by atoms with E-state index < -0.39 is 105 Å². The third-order valence-electron chi connectivity index (χ3n) is 7.15. The van der Waals surface area contributed by atoms with Gasteiger partial charge < -0.3 is 40.8 Å². The number of hydrogen-bond acceptors (Lipinski definition) is 11. The van der Waals surface area contributed by atoms with Gasteiger partial charge in [-0.1, -0.05) is 10.2 Å². The van der Waals surface area contributed by atoms with E-state index in [4.69, 9.17) is 40.8 Å². The highest BCUT2D eigenvalue weighted by Crippen LogP contribution is 2.44. The van der Waals surface area contributed by atoms with Crippen LogP contribution >= 0.6 is 0 Å². The average Bonchev–Trinajstić information content (AvgIpc) is 3.15. The van der Waals surface area contributed by atoms with Gasteiger partial charge in [0.05, 0.1) is 38.0 Å². The fourth-order valence-electron chi connectivity index (χ4n) is 5.80. The second-order valence-electron chi connectivity index (χ2n) is 19.3. The molecule has 21 heteroatoms. The number of ether oxygens (including phenoxy) is 3. The Bertz CT molecular complexity index is 1240. The second-order valence-corrected chi connectivity index (χ2v) is 46.1. The van der Waals surface area contributed by atoms with E-state index in [2.05, 4.69) is 138 Å². The Morgan fingerprint density at radius 3 is 1.37 bits per heavy atom. The predicted molar refractivity (Wildman–Crippen MR) is 216 cm³/mol. The zero-order valence-electron chi connectivity index (χ0n) is 34.6. The van der Waals surface area contributed by atoms with Crippen LogP contribution in [0.3, 0.4) is 0 Å². The van der Waals surface area contributed by atoms with Gasteiger partial charge in [-0.2, -0.15) is 0 Å². The lowest BCUT2D eigenvalue weighted by atomic mass is 9.98. The molecule has 0 bridgehead atoms. The molecular weight excluding hydrogens is 757 g/mol. The van der Waals surface area contributed by atoms with Crippen molar-refractivity contribution in [2.24, 2.45) is 10.2 Å². The average molecular weight is 825 g/mol. The number of nitrogens with zero attached hydrogens (tertiary/aromatic N) is 6. The van der Waals surface area contributed by atoms with Crippen LogP contribution in [0.25, 0.3) is 20.9 Å². The summed E-state index contributed by atoms with van der Waals surface area (Å²) in [4.78, 5) is 6.12. The summed E-state index contributed by atoms with van der Waals surface area (Å²) < 4.78 is 62.3. The maximum atomic E-state index is 9.43. The predicted octanol–water partition coefficient (Wildman–Crippen LogP) is 8.40. The van der Waals surface area contributed by atoms with Crippen molar-refractivity contribution in [2.45, 2.75) is 173 Å². The topological polar surface area (TPSA) is 181 Å². The summed E-state index contributed by atoms with van der Waals surface area (Å²) in [5, 5.41) is 7.87. The Hall–Kier alpha value is -0.439. The molecule has 2 rings (SSSR count). The highest BCUT2D eigenvalue weighted by Gasteiger charge is 2.63. The zero-order chi connectivity index (χ0) is 39.4. The van der Waals surface area contributed by atoms with Crippen LogP contribution < -0.4 is 0 Å². The molecule has 2 aliphatic heterocycles. The van der Waals surface area contributed by atoms with Crippen LogP contribution in [0.1, 0.15) is 0 Å². The van der Waals surface area contributed by atoms with E-state index >= 15 is 0 Å². The van der Waals surface area contributed by atoms with E-state index in [-0.39, 0.29) is 19.7 Å². The van der Waals surface area contributed by atoms with E-state index in [0.717, 1.165) is 0 Å². The summed E-state index contributed by atoms with van der Waals surface area (Å²) in [6.45, 7) is 37.9. The van der Waals surface area contributed by atoms with Crippen LogP contribution in [-0.2, 0) is 40.8 Å². The van der Waals surface area contributed by atoms with Crippen molar-refractivity contribution in [3.63, 3.8) is 0 Å². The molecule has 2 fully saturated rings. The molecule has 0 radical (unpaired) electrons. The maximum absolute atomic E-state index is 9.43. The lowest BCUT2D eigenvalue weighted by molar-refractivity contribution is -0.373. The van der Waals surface area contributed by atoms with Crippen LogP contribution in [-0.4, -0.2) is 124 Å². The van der Waals surface area contributed by atoms with Gasteiger partial charge in [-0.15, -0.1) is 0 Å². The molecule has 0 aromatic carbocycles. The largest absolute Gasteiger partial charge is 0.412 e. The molecule has 0 spiro atoms.